The molecule has 0 aliphatic carbocycles. The lowest BCUT2D eigenvalue weighted by Gasteiger charge is -2.35. The van der Waals surface area contributed by atoms with Crippen molar-refractivity contribution in [2.75, 3.05) is 24.5 Å². The molecule has 2 amide bonds. The Kier molecular flexibility index (Phi) is 9.46. The second-order valence-corrected chi connectivity index (χ2v) is 13.0. The van der Waals surface area contributed by atoms with Gasteiger partial charge in [0, 0.05) is 13.1 Å². The minimum Gasteiger partial charge on any atom is -0.477 e. The minimum absolute atomic E-state index is 0.0500. The van der Waals surface area contributed by atoms with Gasteiger partial charge in [0.25, 0.3) is 5.91 Å². The van der Waals surface area contributed by atoms with Gasteiger partial charge in [-0.1, -0.05) is 90.5 Å². The number of amides is 2. The summed E-state index contributed by atoms with van der Waals surface area (Å²) < 4.78 is 35.7. The van der Waals surface area contributed by atoms with E-state index in [0.717, 1.165) is 16.7 Å². The van der Waals surface area contributed by atoms with E-state index < -0.39 is 28.6 Å². The van der Waals surface area contributed by atoms with Gasteiger partial charge in [0.05, 0.1) is 23.7 Å². The van der Waals surface area contributed by atoms with Crippen LogP contribution in [0.1, 0.15) is 27.8 Å². The van der Waals surface area contributed by atoms with Crippen LogP contribution in [0.3, 0.4) is 0 Å². The number of aryl methyl sites for hydroxylation is 3. The van der Waals surface area contributed by atoms with Crippen molar-refractivity contribution in [3.8, 4) is 5.75 Å². The molecule has 0 saturated carbocycles. The van der Waals surface area contributed by atoms with Gasteiger partial charge in [-0.2, -0.15) is 4.31 Å². The van der Waals surface area contributed by atoms with E-state index >= 15 is 0 Å². The average Bonchev–Trinajstić information content (AvgIpc) is 3.01. The van der Waals surface area contributed by atoms with E-state index in [9.17, 15) is 18.0 Å². The lowest BCUT2D eigenvalue weighted by molar-refractivity contribution is -0.128. The predicted octanol–water partition coefficient (Wildman–Crippen LogP) is 4.96. The smallest absolute Gasteiger partial charge is 0.263 e. The molecule has 8 nitrogen and oxygen atoms in total. The molecule has 9 heteroatoms. The van der Waals surface area contributed by atoms with Crippen molar-refractivity contribution in [1.82, 2.24) is 9.62 Å². The number of carbonyl (C=O) groups is 2. The summed E-state index contributed by atoms with van der Waals surface area (Å²) in [5.41, 5.74) is 4.62. The number of para-hydroxylation sites is 2. The Hall–Kier alpha value is -4.47. The van der Waals surface area contributed by atoms with E-state index in [1.165, 1.54) is 9.21 Å². The highest BCUT2D eigenvalue weighted by Gasteiger charge is 2.36. The molecule has 1 unspecified atom stereocenters. The molecule has 0 fully saturated rings. The summed E-state index contributed by atoms with van der Waals surface area (Å²) >= 11 is 0. The molecule has 1 N–H and O–H groups in total. The molecular formula is C35H37N3O5S. The van der Waals surface area contributed by atoms with Crippen molar-refractivity contribution in [3.63, 3.8) is 0 Å². The Morgan fingerprint density at radius 3 is 2.11 bits per heavy atom. The molecule has 0 spiro atoms. The lowest BCUT2D eigenvalue weighted by atomic mass is 10.1. The molecule has 1 heterocycles. The number of anilines is 1. The first-order valence-corrected chi connectivity index (χ1v) is 16.1. The highest BCUT2D eigenvalue weighted by molar-refractivity contribution is 7.89. The van der Waals surface area contributed by atoms with Crippen LogP contribution in [-0.4, -0.2) is 50.3 Å². The average molecular weight is 612 g/mol. The lowest BCUT2D eigenvalue weighted by Crippen LogP contribution is -2.53. The summed E-state index contributed by atoms with van der Waals surface area (Å²) in [6.07, 6.45) is -0.532. The summed E-state index contributed by atoms with van der Waals surface area (Å²) in [5, 5.41) is 2.89. The molecule has 0 saturated heterocycles. The van der Waals surface area contributed by atoms with Crippen LogP contribution in [0.15, 0.2) is 102 Å². The van der Waals surface area contributed by atoms with E-state index in [4.69, 9.17) is 4.74 Å². The molecule has 0 aromatic heterocycles. The number of benzene rings is 4. The van der Waals surface area contributed by atoms with Crippen molar-refractivity contribution in [2.45, 2.75) is 44.7 Å². The van der Waals surface area contributed by atoms with E-state index in [1.807, 2.05) is 79.7 Å². The number of hydrogen-bond acceptors (Lipinski definition) is 5. The molecule has 44 heavy (non-hydrogen) atoms. The number of fused-ring (bicyclic) bond motifs is 1. The maximum Gasteiger partial charge on any atom is 0.263 e. The molecule has 0 bridgehead atoms. The number of sulfonamides is 1. The van der Waals surface area contributed by atoms with Gasteiger partial charge in [0.1, 0.15) is 5.75 Å². The van der Waals surface area contributed by atoms with Gasteiger partial charge in [0.15, 0.2) is 6.10 Å². The van der Waals surface area contributed by atoms with Crippen LogP contribution in [0, 0.1) is 20.8 Å². The van der Waals surface area contributed by atoms with E-state index in [-0.39, 0.29) is 23.9 Å². The Balaban J connectivity index is 1.42. The third kappa shape index (κ3) is 7.01. The van der Waals surface area contributed by atoms with Crippen LogP contribution in [-0.2, 0) is 32.6 Å². The minimum atomic E-state index is -4.05. The van der Waals surface area contributed by atoms with Crippen molar-refractivity contribution in [2.24, 2.45) is 0 Å². The number of ether oxygens (including phenoxy) is 1. The molecule has 4 aromatic carbocycles. The van der Waals surface area contributed by atoms with E-state index in [1.54, 1.807) is 38.1 Å². The first kappa shape index (κ1) is 31.0. The highest BCUT2D eigenvalue weighted by atomic mass is 32.2. The topological polar surface area (TPSA) is 96.0 Å². The maximum absolute atomic E-state index is 14.2. The van der Waals surface area contributed by atoms with Gasteiger partial charge in [-0.05, 0) is 61.6 Å². The zero-order valence-corrected chi connectivity index (χ0v) is 26.0. The second kappa shape index (κ2) is 13.4. The molecule has 1 atom stereocenters. The van der Waals surface area contributed by atoms with Gasteiger partial charge < -0.3 is 15.0 Å². The number of hydrogen-bond donors (Lipinski definition) is 1. The molecule has 4 aromatic rings. The zero-order valence-electron chi connectivity index (χ0n) is 25.2. The number of nitrogens with zero attached hydrogens (tertiary/aromatic N) is 2. The van der Waals surface area contributed by atoms with Crippen LogP contribution >= 0.6 is 0 Å². The first-order valence-electron chi connectivity index (χ1n) is 14.6. The molecular weight excluding hydrogens is 574 g/mol. The number of rotatable bonds is 10. The van der Waals surface area contributed by atoms with Crippen molar-refractivity contribution >= 4 is 27.5 Å². The SMILES string of the molecule is Cc1cc(C)c(S(=O)(=O)N(CCc2ccccc2)CC(=O)N2CC(C(=O)NCc3ccccc3)Oc3ccccc32)c(C)c1. The number of nitrogens with one attached hydrogen (secondary N) is 1. The van der Waals surface area contributed by atoms with Crippen LogP contribution < -0.4 is 15.0 Å². The van der Waals surface area contributed by atoms with Gasteiger partial charge in [-0.25, -0.2) is 8.42 Å². The third-order valence-electron chi connectivity index (χ3n) is 7.68. The van der Waals surface area contributed by atoms with Crippen molar-refractivity contribution in [1.29, 1.82) is 0 Å². The van der Waals surface area contributed by atoms with Crippen LogP contribution in [0.4, 0.5) is 5.69 Å². The van der Waals surface area contributed by atoms with E-state index in [0.29, 0.717) is 35.5 Å². The first-order chi connectivity index (χ1) is 21.1. The molecule has 5 rings (SSSR count). The van der Waals surface area contributed by atoms with E-state index in [2.05, 4.69) is 5.32 Å². The predicted molar refractivity (Wildman–Crippen MR) is 171 cm³/mol. The summed E-state index contributed by atoms with van der Waals surface area (Å²) in [4.78, 5) is 28.9. The molecule has 228 valence electrons. The Morgan fingerprint density at radius 2 is 1.45 bits per heavy atom. The molecule has 1 aliphatic heterocycles. The number of carbonyl (C=O) groups excluding carboxylic acids is 2. The summed E-state index contributed by atoms with van der Waals surface area (Å²) in [6, 6.07) is 29.8. The molecule has 0 radical (unpaired) electrons. The van der Waals surface area contributed by atoms with Crippen molar-refractivity contribution in [3.05, 3.63) is 125 Å². The maximum atomic E-state index is 14.2. The summed E-state index contributed by atoms with van der Waals surface area (Å²) in [5.74, 6) is -0.419. The summed E-state index contributed by atoms with van der Waals surface area (Å²) in [6.45, 7) is 5.46. The zero-order chi connectivity index (χ0) is 31.3. The highest BCUT2D eigenvalue weighted by Crippen LogP contribution is 2.34. The van der Waals surface area contributed by atoms with Crippen LogP contribution in [0.25, 0.3) is 0 Å². The Labute approximate surface area is 259 Å². The Bertz CT molecular complexity index is 1720. The summed E-state index contributed by atoms with van der Waals surface area (Å²) in [7, 11) is -4.05. The van der Waals surface area contributed by atoms with Gasteiger partial charge in [0.2, 0.25) is 15.9 Å². The van der Waals surface area contributed by atoms with Gasteiger partial charge in [-0.15, -0.1) is 0 Å². The van der Waals surface area contributed by atoms with Crippen LogP contribution in [0.5, 0.6) is 5.75 Å². The van der Waals surface area contributed by atoms with Crippen LogP contribution in [0.2, 0.25) is 0 Å². The van der Waals surface area contributed by atoms with Gasteiger partial charge >= 0.3 is 0 Å². The van der Waals surface area contributed by atoms with Gasteiger partial charge in [-0.3, -0.25) is 9.59 Å². The van der Waals surface area contributed by atoms with Crippen molar-refractivity contribution < 1.29 is 22.7 Å². The molecule has 1 aliphatic rings. The fourth-order valence-corrected chi connectivity index (χ4v) is 7.43. The fourth-order valence-electron chi connectivity index (χ4n) is 5.63. The second-order valence-electron chi connectivity index (χ2n) is 11.1. The fraction of sp³-hybridized carbons (Fsp3) is 0.257. The largest absolute Gasteiger partial charge is 0.477 e. The monoisotopic (exact) mass is 611 g/mol. The standard InChI is InChI=1S/C35H37N3O5S/c1-25-20-26(2)34(27(3)21-25)44(41,42)37(19-18-28-12-6-4-7-13-28)24-33(39)38-23-32(43-31-17-11-10-16-30(31)38)35(40)36-22-29-14-8-5-9-15-29/h4-17,20-21,32H,18-19,22-24H2,1-3H3,(H,36,40). The quantitative estimate of drug-likeness (QED) is 0.274. The normalized spacial score (nSPS) is 14.5. The third-order valence-corrected chi connectivity index (χ3v) is 9.83. The Morgan fingerprint density at radius 1 is 0.864 bits per heavy atom.